The van der Waals surface area contributed by atoms with E-state index in [1.807, 2.05) is 43.9 Å². The molecule has 1 aromatic carbocycles. The zero-order valence-electron chi connectivity index (χ0n) is 13.7. The molecule has 0 spiro atoms. The van der Waals surface area contributed by atoms with E-state index in [1.54, 1.807) is 4.68 Å². The van der Waals surface area contributed by atoms with Crippen LogP contribution in [0.4, 0.5) is 5.69 Å². The summed E-state index contributed by atoms with van der Waals surface area (Å²) >= 11 is 1.39. The predicted octanol–water partition coefficient (Wildman–Crippen LogP) is 2.50. The van der Waals surface area contributed by atoms with Crippen molar-refractivity contribution < 1.29 is 4.79 Å². The monoisotopic (exact) mass is 331 g/mol. The van der Waals surface area contributed by atoms with Gasteiger partial charge in [-0.2, -0.15) is 0 Å². The first kappa shape index (κ1) is 16.0. The molecule has 0 aliphatic carbocycles. The molecule has 122 valence electrons. The van der Waals surface area contributed by atoms with Gasteiger partial charge in [-0.05, 0) is 55.7 Å². The number of nitrogens with zero attached hydrogens (tertiary/aromatic N) is 5. The summed E-state index contributed by atoms with van der Waals surface area (Å²) in [5.41, 5.74) is 2.09. The minimum absolute atomic E-state index is 0.102. The number of aromatic nitrogens is 4. The summed E-state index contributed by atoms with van der Waals surface area (Å²) in [6.45, 7) is 6.89. The van der Waals surface area contributed by atoms with Crippen LogP contribution >= 0.6 is 11.8 Å². The number of anilines is 1. The van der Waals surface area contributed by atoms with Crippen molar-refractivity contribution in [3.8, 4) is 0 Å². The average molecular weight is 331 g/mol. The fourth-order valence-corrected chi connectivity index (χ4v) is 3.62. The summed E-state index contributed by atoms with van der Waals surface area (Å²) in [6, 6.07) is 8.13. The Morgan fingerprint density at radius 3 is 2.87 bits per heavy atom. The molecular formula is C16H21N5OS. The highest BCUT2D eigenvalue weighted by atomic mass is 32.2. The van der Waals surface area contributed by atoms with Gasteiger partial charge < -0.3 is 4.90 Å². The Morgan fingerprint density at radius 1 is 1.30 bits per heavy atom. The number of rotatable bonds is 3. The molecule has 0 fully saturated rings. The average Bonchev–Trinajstić information content (AvgIpc) is 3.01. The Balaban J connectivity index is 1.71. The van der Waals surface area contributed by atoms with Crippen LogP contribution in [0.3, 0.4) is 0 Å². The molecule has 7 heteroatoms. The quantitative estimate of drug-likeness (QED) is 0.809. The van der Waals surface area contributed by atoms with E-state index < -0.39 is 0 Å². The molecule has 0 atom stereocenters. The van der Waals surface area contributed by atoms with Crippen molar-refractivity contribution in [1.82, 2.24) is 20.2 Å². The van der Waals surface area contributed by atoms with E-state index in [9.17, 15) is 4.79 Å². The standard InChI is InChI=1S/C16H21N5OS/c1-16(2,3)21-15(17-18-19-21)23-11-14(22)20-10-6-8-12-7-4-5-9-13(12)20/h4-5,7,9H,6,8,10-11H2,1-3H3. The van der Waals surface area contributed by atoms with Crippen LogP contribution in [-0.4, -0.2) is 38.4 Å². The van der Waals surface area contributed by atoms with Crippen molar-refractivity contribution >= 4 is 23.4 Å². The Morgan fingerprint density at radius 2 is 2.09 bits per heavy atom. The van der Waals surface area contributed by atoms with Crippen molar-refractivity contribution in [2.45, 2.75) is 44.3 Å². The van der Waals surface area contributed by atoms with Crippen molar-refractivity contribution in [3.63, 3.8) is 0 Å². The first-order valence-electron chi connectivity index (χ1n) is 7.77. The molecular weight excluding hydrogens is 310 g/mol. The highest BCUT2D eigenvalue weighted by Gasteiger charge is 2.24. The van der Waals surface area contributed by atoms with Crippen LogP contribution in [0.2, 0.25) is 0 Å². The molecule has 0 N–H and O–H groups in total. The fraction of sp³-hybridized carbons (Fsp3) is 0.500. The maximum Gasteiger partial charge on any atom is 0.237 e. The summed E-state index contributed by atoms with van der Waals surface area (Å²) in [6.07, 6.45) is 2.04. The molecule has 1 aliphatic heterocycles. The van der Waals surface area contributed by atoms with Crippen LogP contribution in [-0.2, 0) is 16.8 Å². The van der Waals surface area contributed by atoms with E-state index >= 15 is 0 Å². The second-order valence-electron chi connectivity index (χ2n) is 6.61. The van der Waals surface area contributed by atoms with Crippen LogP contribution in [0.25, 0.3) is 0 Å². The number of carbonyl (C=O) groups excluding carboxylic acids is 1. The zero-order valence-corrected chi connectivity index (χ0v) is 14.5. The second kappa shape index (κ2) is 6.31. The number of amides is 1. The summed E-state index contributed by atoms with van der Waals surface area (Å²) in [5, 5.41) is 12.5. The van der Waals surface area contributed by atoms with Gasteiger partial charge in [0, 0.05) is 12.2 Å². The number of para-hydroxylation sites is 1. The van der Waals surface area contributed by atoms with Gasteiger partial charge in [0.1, 0.15) is 0 Å². The van der Waals surface area contributed by atoms with Gasteiger partial charge in [0.2, 0.25) is 11.1 Å². The second-order valence-corrected chi connectivity index (χ2v) is 7.55. The van der Waals surface area contributed by atoms with Gasteiger partial charge in [0.25, 0.3) is 0 Å². The molecule has 3 rings (SSSR count). The predicted molar refractivity (Wildman–Crippen MR) is 90.7 cm³/mol. The van der Waals surface area contributed by atoms with Gasteiger partial charge in [-0.25, -0.2) is 4.68 Å². The summed E-state index contributed by atoms with van der Waals surface area (Å²) in [5.74, 6) is 0.440. The van der Waals surface area contributed by atoms with Crippen LogP contribution < -0.4 is 4.90 Å². The van der Waals surface area contributed by atoms with Crippen molar-refractivity contribution in [3.05, 3.63) is 29.8 Å². The maximum atomic E-state index is 12.6. The van der Waals surface area contributed by atoms with Crippen LogP contribution in [0.1, 0.15) is 32.8 Å². The Bertz CT molecular complexity index is 706. The van der Waals surface area contributed by atoms with Crippen LogP contribution in [0, 0.1) is 0 Å². The normalized spacial score (nSPS) is 14.7. The van der Waals surface area contributed by atoms with E-state index in [-0.39, 0.29) is 11.4 Å². The molecule has 2 aromatic rings. The van der Waals surface area contributed by atoms with Crippen LogP contribution in [0.5, 0.6) is 0 Å². The van der Waals surface area contributed by atoms with E-state index in [1.165, 1.54) is 17.3 Å². The lowest BCUT2D eigenvalue weighted by atomic mass is 10.0. The van der Waals surface area contributed by atoms with E-state index in [2.05, 4.69) is 21.6 Å². The third kappa shape index (κ3) is 3.39. The molecule has 0 saturated heterocycles. The Kier molecular flexibility index (Phi) is 4.39. The highest BCUT2D eigenvalue weighted by molar-refractivity contribution is 7.99. The fourth-order valence-electron chi connectivity index (χ4n) is 2.69. The minimum atomic E-state index is -0.202. The van der Waals surface area contributed by atoms with E-state index in [0.717, 1.165) is 25.1 Å². The minimum Gasteiger partial charge on any atom is -0.311 e. The molecule has 0 radical (unpaired) electrons. The number of fused-ring (bicyclic) bond motifs is 1. The third-order valence-electron chi connectivity index (χ3n) is 3.81. The van der Waals surface area contributed by atoms with Crippen molar-refractivity contribution in [2.24, 2.45) is 0 Å². The van der Waals surface area contributed by atoms with E-state index in [0.29, 0.717) is 10.9 Å². The maximum absolute atomic E-state index is 12.6. The number of aryl methyl sites for hydroxylation is 1. The van der Waals surface area contributed by atoms with Crippen molar-refractivity contribution in [2.75, 3.05) is 17.2 Å². The number of carbonyl (C=O) groups is 1. The van der Waals surface area contributed by atoms with Gasteiger partial charge in [-0.3, -0.25) is 4.79 Å². The molecule has 0 unspecified atom stereocenters. The van der Waals surface area contributed by atoms with Gasteiger partial charge in [-0.15, -0.1) is 5.10 Å². The first-order chi connectivity index (χ1) is 11.0. The zero-order chi connectivity index (χ0) is 16.4. The SMILES string of the molecule is CC(C)(C)n1nnnc1SCC(=O)N1CCCc2ccccc21. The van der Waals surface area contributed by atoms with Crippen LogP contribution in [0.15, 0.2) is 29.4 Å². The molecule has 1 amide bonds. The van der Waals surface area contributed by atoms with E-state index in [4.69, 9.17) is 0 Å². The molecule has 1 aromatic heterocycles. The molecule has 0 bridgehead atoms. The Hall–Kier alpha value is -1.89. The lowest BCUT2D eigenvalue weighted by Crippen LogP contribution is -2.36. The first-order valence-corrected chi connectivity index (χ1v) is 8.75. The topological polar surface area (TPSA) is 63.9 Å². The number of tetrazole rings is 1. The van der Waals surface area contributed by atoms with Gasteiger partial charge in [-0.1, -0.05) is 30.0 Å². The van der Waals surface area contributed by atoms with Gasteiger partial charge >= 0.3 is 0 Å². The largest absolute Gasteiger partial charge is 0.311 e. The Labute approximate surface area is 140 Å². The number of hydrogen-bond donors (Lipinski definition) is 0. The lowest BCUT2D eigenvalue weighted by molar-refractivity contribution is -0.116. The molecule has 23 heavy (non-hydrogen) atoms. The summed E-state index contributed by atoms with van der Waals surface area (Å²) < 4.78 is 1.76. The number of hydrogen-bond acceptors (Lipinski definition) is 5. The van der Waals surface area contributed by atoms with Gasteiger partial charge in [0.05, 0.1) is 11.3 Å². The number of benzene rings is 1. The van der Waals surface area contributed by atoms with Crippen molar-refractivity contribution in [1.29, 1.82) is 0 Å². The number of thioether (sulfide) groups is 1. The molecule has 1 aliphatic rings. The highest BCUT2D eigenvalue weighted by Crippen LogP contribution is 2.28. The lowest BCUT2D eigenvalue weighted by Gasteiger charge is -2.29. The third-order valence-corrected chi connectivity index (χ3v) is 4.72. The van der Waals surface area contributed by atoms with Gasteiger partial charge in [0.15, 0.2) is 0 Å². The molecule has 0 saturated carbocycles. The summed E-state index contributed by atoms with van der Waals surface area (Å²) in [4.78, 5) is 14.5. The smallest absolute Gasteiger partial charge is 0.237 e. The molecule has 6 nitrogen and oxygen atoms in total. The summed E-state index contributed by atoms with van der Waals surface area (Å²) in [7, 11) is 0. The molecule has 2 heterocycles.